The van der Waals surface area contributed by atoms with Crippen molar-refractivity contribution in [2.45, 2.75) is 6.92 Å². The zero-order valence-electron chi connectivity index (χ0n) is 12.0. The highest BCUT2D eigenvalue weighted by molar-refractivity contribution is 7.89. The lowest BCUT2D eigenvalue weighted by Gasteiger charge is -2.35. The van der Waals surface area contributed by atoms with Crippen LogP contribution in [0.5, 0.6) is 0 Å². The fourth-order valence-corrected chi connectivity index (χ4v) is 4.39. The number of sulfonamides is 1. The Labute approximate surface area is 130 Å². The predicted octanol–water partition coefficient (Wildman–Crippen LogP) is 2.15. The van der Waals surface area contributed by atoms with Crippen LogP contribution in [0.2, 0.25) is 0 Å². The molecule has 118 valence electrons. The number of alkyl halides is 1. The maximum absolute atomic E-state index is 12.9. The molecular formula is C14H20ClFN2O2S. The van der Waals surface area contributed by atoms with E-state index >= 15 is 0 Å². The van der Waals surface area contributed by atoms with Crippen molar-refractivity contribution in [3.05, 3.63) is 30.1 Å². The summed E-state index contributed by atoms with van der Waals surface area (Å²) in [6.45, 7) is 3.96. The second kappa shape index (κ2) is 6.94. The summed E-state index contributed by atoms with van der Waals surface area (Å²) < 4.78 is 38.9. The van der Waals surface area contributed by atoms with Gasteiger partial charge in [-0.25, -0.2) is 12.8 Å². The number of hydrogen-bond acceptors (Lipinski definition) is 3. The lowest BCUT2D eigenvalue weighted by atomic mass is 10.2. The third kappa shape index (κ3) is 4.31. The van der Waals surface area contributed by atoms with Crippen molar-refractivity contribution in [3.8, 4) is 0 Å². The van der Waals surface area contributed by atoms with Gasteiger partial charge in [0.05, 0.1) is 5.75 Å². The Bertz CT molecular complexity index is 557. The molecule has 1 fully saturated rings. The van der Waals surface area contributed by atoms with Gasteiger partial charge < -0.3 is 4.90 Å². The first-order valence-corrected chi connectivity index (χ1v) is 9.11. The van der Waals surface area contributed by atoms with Crippen molar-refractivity contribution in [3.63, 3.8) is 0 Å². The highest BCUT2D eigenvalue weighted by atomic mass is 35.5. The van der Waals surface area contributed by atoms with Gasteiger partial charge in [-0.2, -0.15) is 4.31 Å². The first-order chi connectivity index (χ1) is 9.92. The molecule has 1 aliphatic heterocycles. The van der Waals surface area contributed by atoms with Crippen molar-refractivity contribution in [1.29, 1.82) is 0 Å². The number of piperazine rings is 1. The standard InChI is InChI=1S/C14H20ClFN2O2S/c1-12(10-15)11-21(19,20)18-8-6-17(7-9-18)14-4-2-13(16)3-5-14/h2-5,12H,6-11H2,1H3. The SMILES string of the molecule is CC(CCl)CS(=O)(=O)N1CCN(c2ccc(F)cc2)CC1. The summed E-state index contributed by atoms with van der Waals surface area (Å²) in [6, 6.07) is 6.27. The topological polar surface area (TPSA) is 40.6 Å². The van der Waals surface area contributed by atoms with E-state index in [2.05, 4.69) is 4.90 Å². The molecule has 4 nitrogen and oxygen atoms in total. The van der Waals surface area contributed by atoms with Crippen LogP contribution < -0.4 is 4.90 Å². The van der Waals surface area contributed by atoms with Crippen molar-refractivity contribution >= 4 is 27.3 Å². The maximum Gasteiger partial charge on any atom is 0.214 e. The first kappa shape index (κ1) is 16.5. The Morgan fingerprint density at radius 3 is 2.29 bits per heavy atom. The summed E-state index contributed by atoms with van der Waals surface area (Å²) in [5.41, 5.74) is 0.919. The van der Waals surface area contributed by atoms with E-state index < -0.39 is 10.0 Å². The molecule has 1 saturated heterocycles. The van der Waals surface area contributed by atoms with E-state index in [1.165, 1.54) is 16.4 Å². The molecule has 0 N–H and O–H groups in total. The lowest BCUT2D eigenvalue weighted by molar-refractivity contribution is 0.382. The summed E-state index contributed by atoms with van der Waals surface area (Å²) >= 11 is 5.69. The Morgan fingerprint density at radius 2 is 1.76 bits per heavy atom. The molecule has 0 radical (unpaired) electrons. The van der Waals surface area contributed by atoms with Crippen LogP contribution >= 0.6 is 11.6 Å². The quantitative estimate of drug-likeness (QED) is 0.775. The molecule has 0 aliphatic carbocycles. The first-order valence-electron chi connectivity index (χ1n) is 6.96. The minimum atomic E-state index is -3.24. The number of rotatable bonds is 5. The summed E-state index contributed by atoms with van der Waals surface area (Å²) in [6.07, 6.45) is 0. The number of nitrogens with zero attached hydrogens (tertiary/aromatic N) is 2. The molecule has 0 amide bonds. The molecule has 7 heteroatoms. The van der Waals surface area contributed by atoms with Gasteiger partial charge in [-0.3, -0.25) is 0 Å². The minimum Gasteiger partial charge on any atom is -0.369 e. The third-order valence-corrected chi connectivity index (χ3v) is 6.25. The van der Waals surface area contributed by atoms with Crippen LogP contribution in [-0.2, 0) is 10.0 Å². The van der Waals surface area contributed by atoms with Crippen LogP contribution in [0.15, 0.2) is 24.3 Å². The van der Waals surface area contributed by atoms with Crippen LogP contribution in [0, 0.1) is 11.7 Å². The number of anilines is 1. The molecule has 0 bridgehead atoms. The van der Waals surface area contributed by atoms with Crippen molar-refractivity contribution in [2.24, 2.45) is 5.92 Å². The molecule has 1 aromatic rings. The summed E-state index contributed by atoms with van der Waals surface area (Å²) in [5, 5.41) is 0. The van der Waals surface area contributed by atoms with Crippen LogP contribution in [0.25, 0.3) is 0 Å². The lowest BCUT2D eigenvalue weighted by Crippen LogP contribution is -2.49. The van der Waals surface area contributed by atoms with E-state index in [0.29, 0.717) is 32.1 Å². The molecule has 1 unspecified atom stereocenters. The van der Waals surface area contributed by atoms with Crippen LogP contribution in [0.4, 0.5) is 10.1 Å². The highest BCUT2D eigenvalue weighted by Gasteiger charge is 2.28. The van der Waals surface area contributed by atoms with Crippen molar-refractivity contribution < 1.29 is 12.8 Å². The van der Waals surface area contributed by atoms with E-state index in [1.54, 1.807) is 12.1 Å². The van der Waals surface area contributed by atoms with E-state index in [0.717, 1.165) is 5.69 Å². The van der Waals surface area contributed by atoms with Gasteiger partial charge in [0.1, 0.15) is 5.82 Å². The highest BCUT2D eigenvalue weighted by Crippen LogP contribution is 2.19. The zero-order chi connectivity index (χ0) is 15.5. The number of hydrogen-bond donors (Lipinski definition) is 0. The van der Waals surface area contributed by atoms with E-state index in [9.17, 15) is 12.8 Å². The fraction of sp³-hybridized carbons (Fsp3) is 0.571. The molecule has 1 atom stereocenters. The molecule has 1 aliphatic rings. The number of benzene rings is 1. The fourth-order valence-electron chi connectivity index (χ4n) is 2.39. The zero-order valence-corrected chi connectivity index (χ0v) is 13.6. The second-order valence-corrected chi connectivity index (χ2v) is 7.72. The van der Waals surface area contributed by atoms with E-state index in [1.807, 2.05) is 6.92 Å². The molecule has 0 spiro atoms. The smallest absolute Gasteiger partial charge is 0.214 e. The molecule has 1 heterocycles. The van der Waals surface area contributed by atoms with Gasteiger partial charge in [0.2, 0.25) is 10.0 Å². The predicted molar refractivity (Wildman–Crippen MR) is 83.9 cm³/mol. The van der Waals surface area contributed by atoms with Gasteiger partial charge in [-0.1, -0.05) is 6.92 Å². The monoisotopic (exact) mass is 334 g/mol. The molecule has 0 aromatic heterocycles. The van der Waals surface area contributed by atoms with Gasteiger partial charge in [-0.05, 0) is 30.2 Å². The minimum absolute atomic E-state index is 0.0493. The summed E-state index contributed by atoms with van der Waals surface area (Å²) in [4.78, 5) is 2.07. The van der Waals surface area contributed by atoms with Crippen molar-refractivity contribution in [1.82, 2.24) is 4.31 Å². The van der Waals surface area contributed by atoms with Gasteiger partial charge in [0, 0.05) is 37.7 Å². The Kier molecular flexibility index (Phi) is 5.46. The van der Waals surface area contributed by atoms with Gasteiger partial charge in [0.25, 0.3) is 0 Å². The molecule has 1 aromatic carbocycles. The normalized spacial score (nSPS) is 18.7. The molecular weight excluding hydrogens is 315 g/mol. The van der Waals surface area contributed by atoms with Crippen LogP contribution in [0.3, 0.4) is 0 Å². The summed E-state index contributed by atoms with van der Waals surface area (Å²) in [5.74, 6) is 0.115. The van der Waals surface area contributed by atoms with Crippen molar-refractivity contribution in [2.75, 3.05) is 42.7 Å². The molecule has 21 heavy (non-hydrogen) atoms. The number of halogens is 2. The molecule has 0 saturated carbocycles. The van der Waals surface area contributed by atoms with Crippen LogP contribution in [0.1, 0.15) is 6.92 Å². The Morgan fingerprint density at radius 1 is 1.19 bits per heavy atom. The van der Waals surface area contributed by atoms with E-state index in [4.69, 9.17) is 11.6 Å². The van der Waals surface area contributed by atoms with Gasteiger partial charge in [-0.15, -0.1) is 11.6 Å². The Hall–Kier alpha value is -0.850. The van der Waals surface area contributed by atoms with E-state index in [-0.39, 0.29) is 17.5 Å². The average Bonchev–Trinajstić information content (AvgIpc) is 2.47. The second-order valence-electron chi connectivity index (χ2n) is 5.40. The van der Waals surface area contributed by atoms with Gasteiger partial charge in [0.15, 0.2) is 0 Å². The van der Waals surface area contributed by atoms with Gasteiger partial charge >= 0.3 is 0 Å². The summed E-state index contributed by atoms with van der Waals surface area (Å²) in [7, 11) is -3.24. The third-order valence-electron chi connectivity index (χ3n) is 3.58. The molecule has 2 rings (SSSR count). The maximum atomic E-state index is 12.9. The Balaban J connectivity index is 1.95. The van der Waals surface area contributed by atoms with Crippen LogP contribution in [-0.4, -0.2) is 50.5 Å². The largest absolute Gasteiger partial charge is 0.369 e. The average molecular weight is 335 g/mol.